The molecule has 1 saturated carbocycles. The van der Waals surface area contributed by atoms with E-state index < -0.39 is 28.7 Å². The molecule has 54 heavy (non-hydrogen) atoms. The second-order valence-corrected chi connectivity index (χ2v) is 16.9. The van der Waals surface area contributed by atoms with Gasteiger partial charge in [-0.05, 0) is 43.1 Å². The first-order valence-electron chi connectivity index (χ1n) is 19.2. The molecule has 0 bridgehead atoms. The first-order valence-corrected chi connectivity index (χ1v) is 19.2. The largest absolute Gasteiger partial charge is 0.360 e. The third kappa shape index (κ3) is 14.2. The highest BCUT2D eigenvalue weighted by molar-refractivity contribution is 6.04. The zero-order chi connectivity index (χ0) is 40.1. The Morgan fingerprint density at radius 1 is 0.815 bits per heavy atom. The quantitative estimate of drug-likeness (QED) is 0.0845. The average Bonchev–Trinajstić information content (AvgIpc) is 3.84. The highest BCUT2D eigenvalue weighted by atomic mass is 16.5. The summed E-state index contributed by atoms with van der Waals surface area (Å²) in [5, 5.41) is 7.93. The number of imide groups is 1. The van der Waals surface area contributed by atoms with Gasteiger partial charge >= 0.3 is 0 Å². The summed E-state index contributed by atoms with van der Waals surface area (Å²) in [7, 11) is 0. The fourth-order valence-electron chi connectivity index (χ4n) is 6.58. The maximum absolute atomic E-state index is 13.2. The number of nitrogens with zero attached hydrogens (tertiary/aromatic N) is 1. The summed E-state index contributed by atoms with van der Waals surface area (Å²) in [6, 6.07) is 8.23. The molecule has 5 amide bonds. The fourth-order valence-corrected chi connectivity index (χ4v) is 6.58. The van der Waals surface area contributed by atoms with Crippen LogP contribution in [0.3, 0.4) is 0 Å². The van der Waals surface area contributed by atoms with Gasteiger partial charge in [0.05, 0.1) is 30.5 Å². The molecule has 13 heteroatoms. The van der Waals surface area contributed by atoms with E-state index in [-0.39, 0.29) is 111 Å². The molecule has 1 aromatic carbocycles. The number of hydrogen-bond donors (Lipinski definition) is 3. The van der Waals surface area contributed by atoms with E-state index in [0.29, 0.717) is 25.8 Å². The minimum absolute atomic E-state index is 0.0750. The van der Waals surface area contributed by atoms with Gasteiger partial charge in [0.2, 0.25) is 29.5 Å². The summed E-state index contributed by atoms with van der Waals surface area (Å²) in [5.41, 5.74) is -0.413. The number of unbranched alkanes of at least 4 members (excludes halogenated alkanes) is 2. The molecule has 1 unspecified atom stereocenters. The Labute approximate surface area is 319 Å². The number of hydrogen-bond acceptors (Lipinski definition) is 9. The van der Waals surface area contributed by atoms with E-state index in [9.17, 15) is 38.4 Å². The lowest BCUT2D eigenvalue weighted by Gasteiger charge is -2.24. The van der Waals surface area contributed by atoms with Crippen LogP contribution in [0.15, 0.2) is 30.3 Å². The number of Topliss-reactive ketones (excluding diaryl/α,β-unsaturated/α-hetero) is 3. The molecule has 1 saturated heterocycles. The maximum Gasteiger partial charge on any atom is 0.233 e. The van der Waals surface area contributed by atoms with Crippen LogP contribution in [0.5, 0.6) is 0 Å². The van der Waals surface area contributed by atoms with Crippen LogP contribution >= 0.6 is 0 Å². The summed E-state index contributed by atoms with van der Waals surface area (Å²) in [5.74, 6) is -2.31. The molecule has 0 radical (unpaired) electrons. The minimum atomic E-state index is -0.904. The van der Waals surface area contributed by atoms with Gasteiger partial charge in [-0.1, -0.05) is 78.3 Å². The standard InChI is InChI=1S/C41H60N4O9/c1-39(2,3)30-24-36(51)45(37(30)52)22-12-8-11-15-33(48)42-25-29(46)16-18-35(50)44-31(23-28-13-9-7-10-14-28)32(47)17-19-34(49)43-27-54-26-41(20-21-41)38(53)40(4,5)6/h7,9-10,13-14,30-31H,8,11-12,15-27H2,1-6H3,(H,42,48)(H,43,49)(H,44,50)/t30?,31-/m0/s1. The van der Waals surface area contributed by atoms with Crippen molar-refractivity contribution in [1.82, 2.24) is 20.9 Å². The first kappa shape index (κ1) is 44.1. The molecule has 0 aromatic heterocycles. The van der Waals surface area contributed by atoms with E-state index in [2.05, 4.69) is 16.0 Å². The summed E-state index contributed by atoms with van der Waals surface area (Å²) in [6.45, 7) is 11.8. The monoisotopic (exact) mass is 752 g/mol. The normalized spacial score (nSPS) is 17.1. The molecule has 1 heterocycles. The van der Waals surface area contributed by atoms with E-state index in [0.717, 1.165) is 18.4 Å². The number of rotatable bonds is 23. The SMILES string of the molecule is CC(C)(C)C(=O)C1(COCNC(=O)CCC(=O)[C@H](Cc2ccccc2)NC(=O)CCC(=O)CNC(=O)CCCCCN2C(=O)CC(C(C)(C)C)C2=O)CC1. The minimum Gasteiger partial charge on any atom is -0.360 e. The lowest BCUT2D eigenvalue weighted by atomic mass is 9.80. The maximum atomic E-state index is 13.2. The van der Waals surface area contributed by atoms with Gasteiger partial charge in [0.1, 0.15) is 12.5 Å². The summed E-state index contributed by atoms with van der Waals surface area (Å²) < 4.78 is 5.60. The van der Waals surface area contributed by atoms with Crippen LogP contribution in [0.1, 0.15) is 118 Å². The number of carbonyl (C=O) groups excluding carboxylic acids is 8. The van der Waals surface area contributed by atoms with E-state index in [1.165, 1.54) is 4.90 Å². The lowest BCUT2D eigenvalue weighted by Crippen LogP contribution is -2.43. The first-order chi connectivity index (χ1) is 25.3. The number of likely N-dealkylation sites (tertiary alicyclic amines) is 1. The Morgan fingerprint density at radius 3 is 2.07 bits per heavy atom. The molecule has 1 aliphatic heterocycles. The van der Waals surface area contributed by atoms with E-state index in [4.69, 9.17) is 4.74 Å². The van der Waals surface area contributed by atoms with Crippen molar-refractivity contribution in [2.75, 3.05) is 26.4 Å². The molecule has 3 N–H and O–H groups in total. The van der Waals surface area contributed by atoms with Gasteiger partial charge in [-0.25, -0.2) is 0 Å². The van der Waals surface area contributed by atoms with Gasteiger partial charge < -0.3 is 20.7 Å². The predicted octanol–water partition coefficient (Wildman–Crippen LogP) is 4.00. The number of ether oxygens (including phenoxy) is 1. The highest BCUT2D eigenvalue weighted by Crippen LogP contribution is 2.50. The topological polar surface area (TPSA) is 185 Å². The van der Waals surface area contributed by atoms with Crippen LogP contribution in [-0.2, 0) is 49.5 Å². The third-order valence-corrected chi connectivity index (χ3v) is 10.1. The Hall–Kier alpha value is -4.26. The van der Waals surface area contributed by atoms with Gasteiger partial charge in [0, 0.05) is 50.5 Å². The molecule has 0 spiro atoms. The van der Waals surface area contributed by atoms with Crippen LogP contribution in [0.25, 0.3) is 0 Å². The van der Waals surface area contributed by atoms with Crippen molar-refractivity contribution in [3.63, 3.8) is 0 Å². The molecule has 1 aliphatic carbocycles. The number of amides is 5. The number of benzene rings is 1. The van der Waals surface area contributed by atoms with E-state index >= 15 is 0 Å². The van der Waals surface area contributed by atoms with Crippen LogP contribution < -0.4 is 16.0 Å². The van der Waals surface area contributed by atoms with Crippen molar-refractivity contribution in [2.24, 2.45) is 22.2 Å². The Morgan fingerprint density at radius 2 is 1.46 bits per heavy atom. The molecular formula is C41H60N4O9. The van der Waals surface area contributed by atoms with E-state index in [1.54, 1.807) is 0 Å². The van der Waals surface area contributed by atoms with E-state index in [1.807, 2.05) is 71.9 Å². The molecule has 1 aromatic rings. The van der Waals surface area contributed by atoms with Gasteiger partial charge in [-0.3, -0.25) is 43.3 Å². The van der Waals surface area contributed by atoms with Crippen molar-refractivity contribution in [2.45, 2.75) is 125 Å². The smallest absolute Gasteiger partial charge is 0.233 e. The Kier molecular flexibility index (Phi) is 16.3. The lowest BCUT2D eigenvalue weighted by molar-refractivity contribution is -0.140. The number of carbonyl (C=O) groups is 8. The second-order valence-electron chi connectivity index (χ2n) is 16.9. The number of ketones is 3. The molecule has 2 fully saturated rings. The van der Waals surface area contributed by atoms with Crippen molar-refractivity contribution >= 4 is 46.9 Å². The zero-order valence-electron chi connectivity index (χ0n) is 33.0. The average molecular weight is 753 g/mol. The van der Waals surface area contributed by atoms with Crippen LogP contribution in [-0.4, -0.2) is 84.3 Å². The van der Waals surface area contributed by atoms with Crippen LogP contribution in [0, 0.1) is 22.2 Å². The third-order valence-electron chi connectivity index (χ3n) is 10.1. The van der Waals surface area contributed by atoms with Crippen LogP contribution in [0.2, 0.25) is 0 Å². The fraction of sp³-hybridized carbons (Fsp3) is 0.659. The molecule has 2 atom stereocenters. The van der Waals surface area contributed by atoms with Crippen molar-refractivity contribution in [3.05, 3.63) is 35.9 Å². The van der Waals surface area contributed by atoms with Gasteiger partial charge in [-0.2, -0.15) is 0 Å². The Bertz CT molecular complexity index is 1520. The van der Waals surface area contributed by atoms with Crippen molar-refractivity contribution in [3.8, 4) is 0 Å². The van der Waals surface area contributed by atoms with Gasteiger partial charge in [0.15, 0.2) is 11.6 Å². The molecule has 298 valence electrons. The van der Waals surface area contributed by atoms with Crippen molar-refractivity contribution < 1.29 is 43.1 Å². The zero-order valence-corrected chi connectivity index (χ0v) is 33.0. The predicted molar refractivity (Wildman–Crippen MR) is 201 cm³/mol. The molecule has 3 rings (SSSR count). The molecule has 2 aliphatic rings. The van der Waals surface area contributed by atoms with Gasteiger partial charge in [0.25, 0.3) is 0 Å². The summed E-state index contributed by atoms with van der Waals surface area (Å²) >= 11 is 0. The summed E-state index contributed by atoms with van der Waals surface area (Å²) in [6.07, 6.45) is 3.41. The Balaban J connectivity index is 1.34. The van der Waals surface area contributed by atoms with Crippen LogP contribution in [0.4, 0.5) is 0 Å². The molecular weight excluding hydrogens is 692 g/mol. The second kappa shape index (κ2) is 19.9. The van der Waals surface area contributed by atoms with Gasteiger partial charge in [-0.15, -0.1) is 0 Å². The highest BCUT2D eigenvalue weighted by Gasteiger charge is 2.53. The summed E-state index contributed by atoms with van der Waals surface area (Å²) in [4.78, 5) is 102. The number of nitrogens with one attached hydrogen (secondary N) is 3. The van der Waals surface area contributed by atoms with Crippen molar-refractivity contribution in [1.29, 1.82) is 0 Å². The molecule has 13 nitrogen and oxygen atoms in total.